The highest BCUT2D eigenvalue weighted by atomic mass is 16.3. The molecular weight excluding hydrogens is 761 g/mol. The van der Waals surface area contributed by atoms with Crippen LogP contribution in [-0.2, 0) is 0 Å². The van der Waals surface area contributed by atoms with Crippen LogP contribution in [-0.4, -0.2) is 0 Å². The largest absolute Gasteiger partial charge is 0.456 e. The molecule has 0 spiro atoms. The van der Waals surface area contributed by atoms with Crippen molar-refractivity contribution in [2.45, 2.75) is 0 Å². The standard InChI is InChI=1S/C62H38O/c1-4-13-42-32-46(23-20-39(42)10-1)48-27-30-55-57(37-48)61(51-17-9-16-45(35-51)50-28-31-60-56(36-50)53-18-7-8-19-59(53)63-60)54-29-26-49(47-24-21-40-11-2-5-14-43(40)33-47)38-58(54)62(55)52-25-22-41-12-3-6-15-44(41)34-52/h1-38H. The number of furan rings is 1. The van der Waals surface area contributed by atoms with Gasteiger partial charge in [-0.3, -0.25) is 0 Å². The molecule has 1 nitrogen and oxygen atoms in total. The Morgan fingerprint density at radius 2 is 0.571 bits per heavy atom. The highest BCUT2D eigenvalue weighted by Crippen LogP contribution is 2.47. The van der Waals surface area contributed by atoms with E-state index < -0.39 is 0 Å². The fraction of sp³-hybridized carbons (Fsp3) is 0. The first kappa shape index (κ1) is 35.5. The van der Waals surface area contributed by atoms with E-state index in [2.05, 4.69) is 218 Å². The summed E-state index contributed by atoms with van der Waals surface area (Å²) in [6.07, 6.45) is 0. The molecule has 0 fully saturated rings. The number of para-hydroxylation sites is 1. The predicted octanol–water partition coefficient (Wildman–Crippen LogP) is 17.7. The lowest BCUT2D eigenvalue weighted by atomic mass is 9.83. The van der Waals surface area contributed by atoms with E-state index in [4.69, 9.17) is 4.42 Å². The Balaban J connectivity index is 1.10. The molecule has 63 heavy (non-hydrogen) atoms. The maximum absolute atomic E-state index is 6.24. The fourth-order valence-corrected chi connectivity index (χ4v) is 10.1. The topological polar surface area (TPSA) is 13.1 Å². The SMILES string of the molecule is c1cc(-c2ccc3oc4ccccc4c3c2)cc(-c2c3ccc(-c4ccc5ccccc5c4)cc3c(-c3ccc4ccccc4c3)c3ccc(-c4ccc5ccccc5c4)cc23)c1. The van der Waals surface area contributed by atoms with Crippen molar-refractivity contribution in [2.24, 2.45) is 0 Å². The molecule has 0 atom stereocenters. The molecule has 0 aliphatic rings. The van der Waals surface area contributed by atoms with E-state index in [0.29, 0.717) is 0 Å². The molecule has 13 rings (SSSR count). The van der Waals surface area contributed by atoms with Gasteiger partial charge in [0.05, 0.1) is 0 Å². The van der Waals surface area contributed by atoms with Gasteiger partial charge >= 0.3 is 0 Å². The average Bonchev–Trinajstić information content (AvgIpc) is 3.73. The van der Waals surface area contributed by atoms with Crippen molar-refractivity contribution in [2.75, 3.05) is 0 Å². The average molecular weight is 799 g/mol. The van der Waals surface area contributed by atoms with Gasteiger partial charge in [0.15, 0.2) is 0 Å². The van der Waals surface area contributed by atoms with Crippen molar-refractivity contribution >= 4 is 75.8 Å². The van der Waals surface area contributed by atoms with Crippen LogP contribution in [0.2, 0.25) is 0 Å². The summed E-state index contributed by atoms with van der Waals surface area (Å²) < 4.78 is 6.24. The third kappa shape index (κ3) is 5.93. The summed E-state index contributed by atoms with van der Waals surface area (Å²) in [5, 5.41) is 14.6. The van der Waals surface area contributed by atoms with Crippen LogP contribution in [0.25, 0.3) is 131 Å². The zero-order chi connectivity index (χ0) is 41.4. The first-order chi connectivity index (χ1) is 31.2. The summed E-state index contributed by atoms with van der Waals surface area (Å²) in [4.78, 5) is 0. The van der Waals surface area contributed by atoms with Crippen LogP contribution in [0, 0.1) is 0 Å². The van der Waals surface area contributed by atoms with Crippen LogP contribution in [0.3, 0.4) is 0 Å². The zero-order valence-electron chi connectivity index (χ0n) is 34.3. The molecule has 0 aliphatic carbocycles. The molecule has 0 amide bonds. The van der Waals surface area contributed by atoms with Gasteiger partial charge in [-0.1, -0.05) is 176 Å². The Morgan fingerprint density at radius 3 is 1.16 bits per heavy atom. The van der Waals surface area contributed by atoms with E-state index >= 15 is 0 Å². The Hall–Kier alpha value is -8.26. The van der Waals surface area contributed by atoms with Gasteiger partial charge in [-0.25, -0.2) is 0 Å². The third-order valence-corrected chi connectivity index (χ3v) is 13.2. The molecule has 1 heterocycles. The van der Waals surface area contributed by atoms with Crippen LogP contribution >= 0.6 is 0 Å². The van der Waals surface area contributed by atoms with E-state index in [1.54, 1.807) is 0 Å². The molecule has 1 aromatic heterocycles. The van der Waals surface area contributed by atoms with Crippen LogP contribution < -0.4 is 0 Å². The number of hydrogen-bond donors (Lipinski definition) is 0. The third-order valence-electron chi connectivity index (χ3n) is 13.2. The number of rotatable bonds is 5. The van der Waals surface area contributed by atoms with Gasteiger partial charge < -0.3 is 4.42 Å². The molecule has 13 aromatic rings. The Kier molecular flexibility index (Phi) is 7.98. The Bertz CT molecular complexity index is 3980. The minimum atomic E-state index is 0.904. The molecular formula is C62H38O. The van der Waals surface area contributed by atoms with E-state index in [-0.39, 0.29) is 0 Å². The van der Waals surface area contributed by atoms with Gasteiger partial charge in [0.2, 0.25) is 0 Å². The summed E-state index contributed by atoms with van der Waals surface area (Å²) >= 11 is 0. The highest BCUT2D eigenvalue weighted by Gasteiger charge is 2.20. The first-order valence-electron chi connectivity index (χ1n) is 21.7. The lowest BCUT2D eigenvalue weighted by Gasteiger charge is -2.20. The van der Waals surface area contributed by atoms with Crippen LogP contribution in [0.1, 0.15) is 0 Å². The van der Waals surface area contributed by atoms with Crippen molar-refractivity contribution < 1.29 is 4.42 Å². The minimum absolute atomic E-state index is 0.904. The van der Waals surface area contributed by atoms with Gasteiger partial charge in [-0.2, -0.15) is 0 Å². The molecule has 0 saturated carbocycles. The first-order valence-corrected chi connectivity index (χ1v) is 21.7. The van der Waals surface area contributed by atoms with Crippen molar-refractivity contribution in [3.05, 3.63) is 231 Å². The maximum atomic E-state index is 6.24. The number of fused-ring (bicyclic) bond motifs is 8. The normalized spacial score (nSPS) is 11.8. The second kappa shape index (κ2) is 14.2. The van der Waals surface area contributed by atoms with Gasteiger partial charge in [-0.15, -0.1) is 0 Å². The summed E-state index contributed by atoms with van der Waals surface area (Å²) in [5.74, 6) is 0. The van der Waals surface area contributed by atoms with Crippen molar-refractivity contribution in [3.63, 3.8) is 0 Å². The van der Waals surface area contributed by atoms with Gasteiger partial charge in [0.1, 0.15) is 11.2 Å². The smallest absolute Gasteiger partial charge is 0.135 e. The molecule has 0 unspecified atom stereocenters. The fourth-order valence-electron chi connectivity index (χ4n) is 10.1. The summed E-state index contributed by atoms with van der Waals surface area (Å²) in [7, 11) is 0. The van der Waals surface area contributed by atoms with E-state index in [0.717, 1.165) is 33.1 Å². The molecule has 0 saturated heterocycles. The van der Waals surface area contributed by atoms with Crippen LogP contribution in [0.4, 0.5) is 0 Å². The minimum Gasteiger partial charge on any atom is -0.456 e. The van der Waals surface area contributed by atoms with E-state index in [1.165, 1.54) is 98.4 Å². The molecule has 292 valence electrons. The predicted molar refractivity (Wildman–Crippen MR) is 268 cm³/mol. The maximum Gasteiger partial charge on any atom is 0.135 e. The lowest BCUT2D eigenvalue weighted by Crippen LogP contribution is -1.93. The number of hydrogen-bond acceptors (Lipinski definition) is 1. The van der Waals surface area contributed by atoms with E-state index in [1.807, 2.05) is 12.1 Å². The summed E-state index contributed by atoms with van der Waals surface area (Å²) in [6.45, 7) is 0. The van der Waals surface area contributed by atoms with Gasteiger partial charge in [0, 0.05) is 10.8 Å². The quantitative estimate of drug-likeness (QED) is 0.158. The second-order valence-electron chi connectivity index (χ2n) is 16.8. The monoisotopic (exact) mass is 798 g/mol. The lowest BCUT2D eigenvalue weighted by molar-refractivity contribution is 0.669. The van der Waals surface area contributed by atoms with Gasteiger partial charge in [0.25, 0.3) is 0 Å². The highest BCUT2D eigenvalue weighted by molar-refractivity contribution is 6.23. The van der Waals surface area contributed by atoms with Crippen LogP contribution in [0.5, 0.6) is 0 Å². The Labute approximate surface area is 364 Å². The van der Waals surface area contributed by atoms with Crippen molar-refractivity contribution in [1.29, 1.82) is 0 Å². The summed E-state index contributed by atoms with van der Waals surface area (Å²) in [5.41, 5.74) is 13.8. The Morgan fingerprint density at radius 1 is 0.190 bits per heavy atom. The van der Waals surface area contributed by atoms with Crippen molar-refractivity contribution in [1.82, 2.24) is 0 Å². The molecule has 1 heteroatoms. The molecule has 12 aromatic carbocycles. The van der Waals surface area contributed by atoms with Gasteiger partial charge in [-0.05, 0) is 164 Å². The number of benzene rings is 12. The molecule has 0 radical (unpaired) electrons. The summed E-state index contributed by atoms with van der Waals surface area (Å²) in [6, 6.07) is 84.9. The van der Waals surface area contributed by atoms with E-state index in [9.17, 15) is 0 Å². The zero-order valence-corrected chi connectivity index (χ0v) is 34.3. The second-order valence-corrected chi connectivity index (χ2v) is 16.8. The molecule has 0 bridgehead atoms. The van der Waals surface area contributed by atoms with Crippen LogP contribution in [0.15, 0.2) is 235 Å². The molecule has 0 N–H and O–H groups in total. The molecule has 0 aliphatic heterocycles. The van der Waals surface area contributed by atoms with Crippen molar-refractivity contribution in [3.8, 4) is 55.6 Å².